The van der Waals surface area contributed by atoms with E-state index < -0.39 is 17.0 Å². The third kappa shape index (κ3) is 4.25. The summed E-state index contributed by atoms with van der Waals surface area (Å²) in [7, 11) is 0. The lowest BCUT2D eigenvalue weighted by molar-refractivity contribution is -0.138. The van der Waals surface area contributed by atoms with Crippen LogP contribution in [0.2, 0.25) is 0 Å². The summed E-state index contributed by atoms with van der Waals surface area (Å²) in [5.74, 6) is -0.283. The van der Waals surface area contributed by atoms with Crippen molar-refractivity contribution in [1.82, 2.24) is 25.2 Å². The molecule has 0 unspecified atom stereocenters. The molecule has 3 aliphatic rings. The smallest absolute Gasteiger partial charge is 0.405 e. The molecule has 1 aromatic carbocycles. The Labute approximate surface area is 246 Å². The maximum absolute atomic E-state index is 14.4. The molecule has 11 heteroatoms. The lowest BCUT2D eigenvalue weighted by Gasteiger charge is -2.39. The molecule has 2 aliphatic heterocycles. The van der Waals surface area contributed by atoms with E-state index in [1.54, 1.807) is 40.7 Å². The van der Waals surface area contributed by atoms with Crippen LogP contribution in [-0.4, -0.2) is 61.5 Å². The zero-order valence-electron chi connectivity index (χ0n) is 23.2. The van der Waals surface area contributed by atoms with Crippen LogP contribution < -0.4 is 10.2 Å². The van der Waals surface area contributed by atoms with Crippen molar-refractivity contribution in [2.24, 2.45) is 0 Å². The van der Waals surface area contributed by atoms with Crippen LogP contribution in [-0.2, 0) is 21.5 Å². The summed E-state index contributed by atoms with van der Waals surface area (Å²) in [5, 5.41) is 22.8. The Morgan fingerprint density at radius 3 is 2.49 bits per heavy atom. The van der Waals surface area contributed by atoms with Crippen molar-refractivity contribution in [1.29, 1.82) is 5.26 Å². The number of anilines is 1. The average molecular weight is 574 g/mol. The number of rotatable bonds is 5. The van der Waals surface area contributed by atoms with Gasteiger partial charge in [-0.2, -0.15) is 5.26 Å². The van der Waals surface area contributed by atoms with Crippen LogP contribution in [0.1, 0.15) is 42.6 Å². The highest BCUT2D eigenvalue weighted by molar-refractivity contribution is 6.08. The molecule has 43 heavy (non-hydrogen) atoms. The number of nitrogens with zero attached hydrogens (tertiary/aromatic N) is 6. The lowest BCUT2D eigenvalue weighted by atomic mass is 9.74. The van der Waals surface area contributed by atoms with E-state index in [2.05, 4.69) is 21.4 Å². The van der Waals surface area contributed by atoms with Gasteiger partial charge in [0, 0.05) is 48.2 Å². The standard InChI is InChI=1S/C32H27N7O4/c33-15-22-6-5-21(17-35-22)27-23-4-2-1-3-20(23)16-36-25(27)19-39-26-18-34-12-7-24(26)31(28(39)40)10-13-38(14-11-31)29(41)32(8-9-32)37-30(42)43/h1-7,12,16-18,37H,8-11,13-14,19H2,(H,42,43). The fraction of sp³-hybridized carbons (Fsp3) is 0.281. The molecule has 5 heterocycles. The van der Waals surface area contributed by atoms with Gasteiger partial charge in [-0.1, -0.05) is 24.3 Å². The number of carboxylic acid groups (broad SMARTS) is 1. The molecule has 4 aromatic rings. The number of hydrogen-bond acceptors (Lipinski definition) is 7. The molecule has 0 radical (unpaired) electrons. The van der Waals surface area contributed by atoms with E-state index in [0.29, 0.717) is 50.2 Å². The fourth-order valence-electron chi connectivity index (χ4n) is 6.65. The van der Waals surface area contributed by atoms with Crippen molar-refractivity contribution < 1.29 is 19.5 Å². The van der Waals surface area contributed by atoms with Crippen molar-refractivity contribution in [2.75, 3.05) is 18.0 Å². The molecule has 1 spiro atoms. The zero-order valence-corrected chi connectivity index (χ0v) is 23.2. The molecular weight excluding hydrogens is 546 g/mol. The number of piperidine rings is 1. The molecule has 3 amide bonds. The Balaban J connectivity index is 1.22. The van der Waals surface area contributed by atoms with Gasteiger partial charge < -0.3 is 20.2 Å². The van der Waals surface area contributed by atoms with Gasteiger partial charge in [-0.25, -0.2) is 9.78 Å². The Morgan fingerprint density at radius 2 is 1.79 bits per heavy atom. The van der Waals surface area contributed by atoms with Crippen molar-refractivity contribution in [3.63, 3.8) is 0 Å². The number of carbonyl (C=O) groups excluding carboxylic acids is 2. The third-order valence-electron chi connectivity index (χ3n) is 9.02. The molecule has 11 nitrogen and oxygen atoms in total. The minimum absolute atomic E-state index is 0.0637. The predicted molar refractivity (Wildman–Crippen MR) is 156 cm³/mol. The first kappa shape index (κ1) is 26.5. The number of likely N-dealkylation sites (tertiary alicyclic amines) is 1. The predicted octanol–water partition coefficient (Wildman–Crippen LogP) is 3.77. The topological polar surface area (TPSA) is 152 Å². The number of fused-ring (bicyclic) bond motifs is 3. The Bertz CT molecular complexity index is 1840. The van der Waals surface area contributed by atoms with E-state index >= 15 is 0 Å². The monoisotopic (exact) mass is 573 g/mol. The van der Waals surface area contributed by atoms with E-state index in [-0.39, 0.29) is 18.4 Å². The van der Waals surface area contributed by atoms with Gasteiger partial charge in [0.05, 0.1) is 29.5 Å². The van der Waals surface area contributed by atoms with Gasteiger partial charge in [0.1, 0.15) is 17.3 Å². The molecule has 0 bridgehead atoms. The number of pyridine rings is 3. The quantitative estimate of drug-likeness (QED) is 0.366. The minimum Gasteiger partial charge on any atom is -0.465 e. The normalized spacial score (nSPS) is 17.9. The Morgan fingerprint density at radius 1 is 1.00 bits per heavy atom. The molecule has 7 rings (SSSR count). The minimum atomic E-state index is -1.21. The van der Waals surface area contributed by atoms with Gasteiger partial charge in [-0.15, -0.1) is 0 Å². The summed E-state index contributed by atoms with van der Waals surface area (Å²) >= 11 is 0. The van der Waals surface area contributed by atoms with Gasteiger partial charge in [0.15, 0.2) is 0 Å². The first-order chi connectivity index (χ1) is 20.8. The SMILES string of the molecule is N#Cc1ccc(-c2c(CN3C(=O)C4(CCN(C(=O)C5(NC(=O)O)CC5)CC4)c4ccncc43)ncc3ccccc23)cn1. The van der Waals surface area contributed by atoms with Gasteiger partial charge in [-0.05, 0) is 54.8 Å². The van der Waals surface area contributed by atoms with Gasteiger partial charge in [0.25, 0.3) is 0 Å². The van der Waals surface area contributed by atoms with Crippen molar-refractivity contribution in [3.8, 4) is 17.2 Å². The van der Waals surface area contributed by atoms with Crippen LogP contribution in [0.5, 0.6) is 0 Å². The number of nitrogens with one attached hydrogen (secondary N) is 1. The largest absolute Gasteiger partial charge is 0.465 e. The molecule has 3 aromatic heterocycles. The van der Waals surface area contributed by atoms with Crippen molar-refractivity contribution in [2.45, 2.75) is 43.2 Å². The highest BCUT2D eigenvalue weighted by Crippen LogP contribution is 2.49. The second-order valence-corrected chi connectivity index (χ2v) is 11.4. The molecule has 2 N–H and O–H groups in total. The summed E-state index contributed by atoms with van der Waals surface area (Å²) in [4.78, 5) is 55.8. The van der Waals surface area contributed by atoms with Crippen molar-refractivity contribution >= 4 is 34.4 Å². The molecule has 0 atom stereocenters. The molecule has 1 saturated heterocycles. The highest BCUT2D eigenvalue weighted by atomic mass is 16.4. The van der Waals surface area contributed by atoms with E-state index in [1.165, 1.54) is 0 Å². The number of carbonyl (C=O) groups is 3. The average Bonchev–Trinajstić information content (AvgIpc) is 3.78. The molecule has 1 saturated carbocycles. The van der Waals surface area contributed by atoms with Crippen LogP contribution in [0, 0.1) is 11.3 Å². The second kappa shape index (κ2) is 9.87. The summed E-state index contributed by atoms with van der Waals surface area (Å²) in [6, 6.07) is 15.3. The lowest BCUT2D eigenvalue weighted by Crippen LogP contribution is -2.55. The summed E-state index contributed by atoms with van der Waals surface area (Å²) in [5.41, 5.74) is 2.38. The zero-order chi connectivity index (χ0) is 29.8. The van der Waals surface area contributed by atoms with Crippen LogP contribution in [0.15, 0.2) is 67.3 Å². The maximum atomic E-state index is 14.4. The van der Waals surface area contributed by atoms with Gasteiger partial charge in [-0.3, -0.25) is 19.6 Å². The third-order valence-corrected chi connectivity index (χ3v) is 9.02. The van der Waals surface area contributed by atoms with E-state index in [4.69, 9.17) is 4.98 Å². The summed E-state index contributed by atoms with van der Waals surface area (Å²) in [6.07, 6.45) is 7.46. The van der Waals surface area contributed by atoms with Gasteiger partial charge in [0.2, 0.25) is 11.8 Å². The van der Waals surface area contributed by atoms with Crippen LogP contribution >= 0.6 is 0 Å². The number of aromatic nitrogens is 3. The second-order valence-electron chi connectivity index (χ2n) is 11.4. The van der Waals surface area contributed by atoms with Gasteiger partial charge >= 0.3 is 6.09 Å². The molecule has 1 aliphatic carbocycles. The summed E-state index contributed by atoms with van der Waals surface area (Å²) in [6.45, 7) is 0.896. The van der Waals surface area contributed by atoms with Crippen LogP contribution in [0.4, 0.5) is 10.5 Å². The fourth-order valence-corrected chi connectivity index (χ4v) is 6.65. The molecule has 214 valence electrons. The first-order valence-corrected chi connectivity index (χ1v) is 14.2. The molecular formula is C32H27N7O4. The van der Waals surface area contributed by atoms with E-state index in [9.17, 15) is 24.8 Å². The van der Waals surface area contributed by atoms with Crippen LogP contribution in [0.3, 0.4) is 0 Å². The molecule has 2 fully saturated rings. The first-order valence-electron chi connectivity index (χ1n) is 14.2. The Kier molecular flexibility index (Phi) is 6.09. The number of amides is 3. The number of hydrogen-bond donors (Lipinski definition) is 2. The van der Waals surface area contributed by atoms with Crippen LogP contribution in [0.25, 0.3) is 21.9 Å². The Hall–Kier alpha value is -5.37. The van der Waals surface area contributed by atoms with E-state index in [1.807, 2.05) is 36.4 Å². The summed E-state index contributed by atoms with van der Waals surface area (Å²) < 4.78 is 0. The number of nitriles is 1. The van der Waals surface area contributed by atoms with E-state index in [0.717, 1.165) is 33.2 Å². The maximum Gasteiger partial charge on any atom is 0.405 e. The number of benzene rings is 1. The highest BCUT2D eigenvalue weighted by Gasteiger charge is 2.57. The van der Waals surface area contributed by atoms with Crippen molar-refractivity contribution in [3.05, 3.63) is 84.2 Å².